The monoisotopic (exact) mass is 487 g/mol. The van der Waals surface area contributed by atoms with Crippen molar-refractivity contribution in [1.29, 1.82) is 0 Å². The molecule has 178 valence electrons. The van der Waals surface area contributed by atoms with E-state index >= 15 is 0 Å². The van der Waals surface area contributed by atoms with Gasteiger partial charge in [0.25, 0.3) is 11.1 Å². The lowest BCUT2D eigenvalue weighted by molar-refractivity contribution is -0.118. The fourth-order valence-corrected chi connectivity index (χ4v) is 5.14. The first-order valence-corrected chi connectivity index (χ1v) is 12.3. The number of carbonyl (C=O) groups excluding carboxylic acids is 3. The molecule has 0 aromatic heterocycles. The van der Waals surface area contributed by atoms with Gasteiger partial charge in [-0.25, -0.2) is 0 Å². The molecule has 5 rings (SSSR count). The summed E-state index contributed by atoms with van der Waals surface area (Å²) in [5.41, 5.74) is 4.63. The molecule has 3 aromatic rings. The van der Waals surface area contributed by atoms with E-state index in [0.717, 1.165) is 34.3 Å². The molecule has 8 heteroatoms. The summed E-state index contributed by atoms with van der Waals surface area (Å²) in [6, 6.07) is 23.5. The molecule has 2 aliphatic rings. The fraction of sp³-hybridized carbons (Fsp3) is 0.222. The third-order valence-corrected chi connectivity index (χ3v) is 7.06. The number of imide groups is 1. The number of para-hydroxylation sites is 1. The predicted octanol–water partition coefficient (Wildman–Crippen LogP) is 4.52. The first kappa shape index (κ1) is 23.0. The van der Waals surface area contributed by atoms with Gasteiger partial charge in [-0.05, 0) is 55.3 Å². The Bertz CT molecular complexity index is 1260. The van der Waals surface area contributed by atoms with Gasteiger partial charge in [-0.3, -0.25) is 19.7 Å². The number of nitrogens with one attached hydrogen (secondary N) is 1. The number of hydrogen-bond acceptors (Lipinski definition) is 6. The minimum atomic E-state index is -0.390. The van der Waals surface area contributed by atoms with Crippen molar-refractivity contribution >= 4 is 40.2 Å². The Balaban J connectivity index is 1.23. The van der Waals surface area contributed by atoms with Crippen molar-refractivity contribution < 1.29 is 19.1 Å². The van der Waals surface area contributed by atoms with Crippen LogP contribution in [0.15, 0.2) is 72.8 Å². The number of amides is 3. The maximum Gasteiger partial charge on any atom is 0.286 e. The summed E-state index contributed by atoms with van der Waals surface area (Å²) in [5.74, 6) is 0.443. The van der Waals surface area contributed by atoms with Gasteiger partial charge in [0.2, 0.25) is 5.91 Å². The van der Waals surface area contributed by atoms with Gasteiger partial charge < -0.3 is 14.5 Å². The van der Waals surface area contributed by atoms with Crippen molar-refractivity contribution in [2.24, 2.45) is 0 Å². The van der Waals surface area contributed by atoms with Gasteiger partial charge in [0, 0.05) is 5.69 Å². The van der Waals surface area contributed by atoms with Crippen LogP contribution in [0.1, 0.15) is 21.5 Å². The van der Waals surface area contributed by atoms with Crippen molar-refractivity contribution in [2.45, 2.75) is 18.6 Å². The van der Waals surface area contributed by atoms with Crippen molar-refractivity contribution in [1.82, 2.24) is 10.2 Å². The first-order chi connectivity index (χ1) is 17.0. The highest BCUT2D eigenvalue weighted by Crippen LogP contribution is 2.34. The van der Waals surface area contributed by atoms with Gasteiger partial charge >= 0.3 is 0 Å². The smallest absolute Gasteiger partial charge is 0.286 e. The van der Waals surface area contributed by atoms with E-state index in [1.54, 1.807) is 4.90 Å². The Labute approximate surface area is 208 Å². The van der Waals surface area contributed by atoms with E-state index in [9.17, 15) is 14.4 Å². The molecule has 7 nitrogen and oxygen atoms in total. The van der Waals surface area contributed by atoms with E-state index in [1.165, 1.54) is 0 Å². The average Bonchev–Trinajstić information content (AvgIpc) is 3.18. The van der Waals surface area contributed by atoms with Crippen LogP contribution in [0.3, 0.4) is 0 Å². The van der Waals surface area contributed by atoms with Crippen LogP contribution in [0.25, 0.3) is 0 Å². The summed E-state index contributed by atoms with van der Waals surface area (Å²) < 4.78 is 5.92. The molecule has 0 spiro atoms. The van der Waals surface area contributed by atoms with E-state index < -0.39 is 5.25 Å². The molecule has 0 saturated carbocycles. The van der Waals surface area contributed by atoms with Crippen molar-refractivity contribution in [2.75, 3.05) is 24.7 Å². The summed E-state index contributed by atoms with van der Waals surface area (Å²) in [5, 5.41) is 1.62. The molecular weight excluding hydrogens is 462 g/mol. The van der Waals surface area contributed by atoms with Crippen LogP contribution >= 0.6 is 11.8 Å². The number of carbonyl (C=O) groups is 3. The number of benzene rings is 3. The quantitative estimate of drug-likeness (QED) is 0.528. The summed E-state index contributed by atoms with van der Waals surface area (Å²) in [4.78, 5) is 40.3. The third-order valence-electron chi connectivity index (χ3n) is 6.08. The largest absolute Gasteiger partial charge is 0.492 e. The van der Waals surface area contributed by atoms with E-state index in [2.05, 4.69) is 10.2 Å². The number of rotatable bonds is 7. The summed E-state index contributed by atoms with van der Waals surface area (Å²) in [6.07, 6.45) is 0.485. The lowest BCUT2D eigenvalue weighted by Gasteiger charge is -2.38. The molecule has 0 radical (unpaired) electrons. The normalized spacial score (nSPS) is 17.4. The van der Waals surface area contributed by atoms with Gasteiger partial charge in [-0.2, -0.15) is 0 Å². The van der Waals surface area contributed by atoms with Crippen LogP contribution in [-0.2, 0) is 11.2 Å². The van der Waals surface area contributed by atoms with Gasteiger partial charge in [0.05, 0.1) is 29.7 Å². The third kappa shape index (κ3) is 5.02. The minimum Gasteiger partial charge on any atom is -0.492 e. The Morgan fingerprint density at radius 2 is 1.77 bits per heavy atom. The zero-order chi connectivity index (χ0) is 24.4. The highest BCUT2D eigenvalue weighted by Gasteiger charge is 2.32. The minimum absolute atomic E-state index is 0.00304. The molecule has 0 bridgehead atoms. The Morgan fingerprint density at radius 1 is 1.00 bits per heavy atom. The molecule has 0 aliphatic carbocycles. The first-order valence-electron chi connectivity index (χ1n) is 11.4. The molecule has 2 aliphatic heterocycles. The molecule has 1 fully saturated rings. The van der Waals surface area contributed by atoms with Gasteiger partial charge in [0.1, 0.15) is 12.4 Å². The number of fused-ring (bicyclic) bond motifs is 1. The molecule has 3 aromatic carbocycles. The lowest BCUT2D eigenvalue weighted by atomic mass is 10.0. The number of anilines is 2. The zero-order valence-corrected chi connectivity index (χ0v) is 20.1. The second kappa shape index (κ2) is 9.84. The SMILES string of the molecule is Cc1ccc2c(c1)C(=O)N(CCOc1ccc(CC3SC(=O)NC3=O)cc1)CN2c1ccccc1. The Hall–Kier alpha value is -3.78. The number of nitrogens with zero attached hydrogens (tertiary/aromatic N) is 2. The molecule has 1 unspecified atom stereocenters. The topological polar surface area (TPSA) is 79.0 Å². The van der Waals surface area contributed by atoms with E-state index in [0.29, 0.717) is 37.6 Å². The molecule has 2 heterocycles. The van der Waals surface area contributed by atoms with Gasteiger partial charge in [0.15, 0.2) is 0 Å². The summed E-state index contributed by atoms with van der Waals surface area (Å²) in [7, 11) is 0. The molecule has 3 amide bonds. The fourth-order valence-electron chi connectivity index (χ4n) is 4.28. The van der Waals surface area contributed by atoms with Crippen LogP contribution in [-0.4, -0.2) is 47.0 Å². The highest BCUT2D eigenvalue weighted by atomic mass is 32.2. The lowest BCUT2D eigenvalue weighted by Crippen LogP contribution is -2.46. The van der Waals surface area contributed by atoms with Crippen LogP contribution in [0.5, 0.6) is 5.75 Å². The summed E-state index contributed by atoms with van der Waals surface area (Å²) >= 11 is 1.02. The van der Waals surface area contributed by atoms with Gasteiger partial charge in [-0.1, -0.05) is 53.7 Å². The highest BCUT2D eigenvalue weighted by molar-refractivity contribution is 8.15. The maximum atomic E-state index is 13.2. The molecule has 1 saturated heterocycles. The molecule has 1 N–H and O–H groups in total. The van der Waals surface area contributed by atoms with Crippen LogP contribution < -0.4 is 15.0 Å². The maximum absolute atomic E-state index is 13.2. The van der Waals surface area contributed by atoms with Crippen molar-refractivity contribution in [3.05, 3.63) is 89.5 Å². The van der Waals surface area contributed by atoms with Crippen LogP contribution in [0.2, 0.25) is 0 Å². The standard InChI is InChI=1S/C27H25N3O4S/c1-18-7-12-23-22(15-18)26(32)29(17-30(23)20-5-3-2-4-6-20)13-14-34-21-10-8-19(9-11-21)16-24-25(31)28-27(33)35-24/h2-12,15,24H,13-14,16-17H2,1H3,(H,28,31,33). The van der Waals surface area contributed by atoms with Crippen LogP contribution in [0.4, 0.5) is 16.2 Å². The summed E-state index contributed by atoms with van der Waals surface area (Å²) in [6.45, 7) is 3.23. The number of hydrogen-bond donors (Lipinski definition) is 1. The average molecular weight is 488 g/mol. The second-order valence-electron chi connectivity index (χ2n) is 8.57. The molecule has 35 heavy (non-hydrogen) atoms. The van der Waals surface area contributed by atoms with E-state index in [-0.39, 0.29) is 17.1 Å². The number of aryl methyl sites for hydroxylation is 1. The van der Waals surface area contributed by atoms with Crippen molar-refractivity contribution in [3.63, 3.8) is 0 Å². The molecule has 1 atom stereocenters. The second-order valence-corrected chi connectivity index (χ2v) is 9.75. The van der Waals surface area contributed by atoms with Crippen LogP contribution in [0, 0.1) is 6.92 Å². The van der Waals surface area contributed by atoms with E-state index in [1.807, 2.05) is 79.7 Å². The van der Waals surface area contributed by atoms with Crippen molar-refractivity contribution in [3.8, 4) is 5.75 Å². The van der Waals surface area contributed by atoms with E-state index in [4.69, 9.17) is 4.74 Å². The Morgan fingerprint density at radius 3 is 2.49 bits per heavy atom. The van der Waals surface area contributed by atoms with Gasteiger partial charge in [-0.15, -0.1) is 0 Å². The predicted molar refractivity (Wildman–Crippen MR) is 136 cm³/mol. The number of thioether (sulfide) groups is 1. The Kier molecular flexibility index (Phi) is 6.46. The zero-order valence-electron chi connectivity index (χ0n) is 19.3. The molecular formula is C27H25N3O4S. The number of ether oxygens (including phenoxy) is 1.